The molecule has 0 atom stereocenters. The van der Waals surface area contributed by atoms with Crippen LogP contribution in [0.15, 0.2) is 52.9 Å². The zero-order valence-corrected chi connectivity index (χ0v) is 17.7. The van der Waals surface area contributed by atoms with E-state index < -0.39 is 34.5 Å². The van der Waals surface area contributed by atoms with Gasteiger partial charge in [0.15, 0.2) is 5.76 Å². The van der Waals surface area contributed by atoms with Gasteiger partial charge in [-0.1, -0.05) is 11.6 Å². The fourth-order valence-corrected chi connectivity index (χ4v) is 2.87. The number of hydrogen-bond acceptors (Lipinski definition) is 8. The van der Waals surface area contributed by atoms with Crippen LogP contribution in [0.4, 0.5) is 25.8 Å². The summed E-state index contributed by atoms with van der Waals surface area (Å²) in [4.78, 5) is 32.9. The average Bonchev–Trinajstić information content (AvgIpc) is 3.26. The van der Waals surface area contributed by atoms with Gasteiger partial charge in [0.25, 0.3) is 23.7 Å². The van der Waals surface area contributed by atoms with Gasteiger partial charge in [-0.15, -0.1) is 0 Å². The number of alkyl halides is 2. The van der Waals surface area contributed by atoms with Gasteiger partial charge in [-0.3, -0.25) is 25.0 Å². The molecule has 1 N–H and O–H groups in total. The quantitative estimate of drug-likeness (QED) is 0.296. The van der Waals surface area contributed by atoms with Crippen LogP contribution in [-0.2, 0) is 6.61 Å². The number of amides is 1. The normalized spacial score (nSPS) is 10.7. The third kappa shape index (κ3) is 6.38. The Morgan fingerprint density at radius 2 is 1.76 bits per heavy atom. The van der Waals surface area contributed by atoms with Crippen LogP contribution < -0.4 is 14.8 Å². The number of carbonyl (C=O) groups is 1. The first-order chi connectivity index (χ1) is 16.1. The molecule has 0 aliphatic carbocycles. The fraction of sp³-hybridized carbons (Fsp3) is 0.150. The predicted molar refractivity (Wildman–Crippen MR) is 114 cm³/mol. The first kappa shape index (κ1) is 24.4. The second-order valence-electron chi connectivity index (χ2n) is 6.56. The Balaban J connectivity index is 1.67. The Morgan fingerprint density at radius 3 is 2.41 bits per heavy atom. The SMILES string of the molecule is O=C(Nc1cc(OCC(F)F)cc([N+](=O)[O-])c1)c1ccc(COc2ccc([N+](=O)[O-])cc2Cl)o1. The highest BCUT2D eigenvalue weighted by atomic mass is 35.5. The Bertz CT molecular complexity index is 1230. The summed E-state index contributed by atoms with van der Waals surface area (Å²) in [6, 6.07) is 9.51. The first-order valence-corrected chi connectivity index (χ1v) is 9.67. The maximum atomic E-state index is 12.5. The molecule has 0 unspecified atom stereocenters. The molecule has 0 spiro atoms. The molecule has 3 rings (SSSR count). The van der Waals surface area contributed by atoms with Crippen LogP contribution in [0.1, 0.15) is 16.3 Å². The highest BCUT2D eigenvalue weighted by Crippen LogP contribution is 2.30. The van der Waals surface area contributed by atoms with E-state index in [1.165, 1.54) is 24.3 Å². The summed E-state index contributed by atoms with van der Waals surface area (Å²) in [6.45, 7) is -1.14. The number of nitrogens with one attached hydrogen (secondary N) is 1. The van der Waals surface area contributed by atoms with E-state index in [0.717, 1.165) is 24.3 Å². The number of nitrogens with zero attached hydrogens (tertiary/aromatic N) is 2. The van der Waals surface area contributed by atoms with Crippen molar-refractivity contribution in [3.63, 3.8) is 0 Å². The maximum absolute atomic E-state index is 12.5. The topological polar surface area (TPSA) is 147 Å². The molecule has 0 fully saturated rings. The van der Waals surface area contributed by atoms with Crippen molar-refractivity contribution in [1.29, 1.82) is 0 Å². The number of hydrogen-bond donors (Lipinski definition) is 1. The van der Waals surface area contributed by atoms with E-state index in [1.54, 1.807) is 0 Å². The number of carbonyl (C=O) groups excluding carboxylic acids is 1. The molecular weight excluding hydrogens is 484 g/mol. The summed E-state index contributed by atoms with van der Waals surface area (Å²) in [7, 11) is 0. The molecule has 0 aliphatic heterocycles. The van der Waals surface area contributed by atoms with Crippen molar-refractivity contribution in [3.05, 3.63) is 85.3 Å². The minimum absolute atomic E-state index is 0.00857. The molecule has 1 heterocycles. The zero-order chi connectivity index (χ0) is 24.8. The summed E-state index contributed by atoms with van der Waals surface area (Å²) in [5, 5.41) is 24.2. The van der Waals surface area contributed by atoms with Crippen LogP contribution in [0, 0.1) is 20.2 Å². The van der Waals surface area contributed by atoms with Crippen molar-refractivity contribution in [2.24, 2.45) is 0 Å². The van der Waals surface area contributed by atoms with Gasteiger partial charge in [-0.2, -0.15) is 0 Å². The van der Waals surface area contributed by atoms with Crippen LogP contribution in [0.2, 0.25) is 5.02 Å². The summed E-state index contributed by atoms with van der Waals surface area (Å²) in [6.07, 6.45) is -2.79. The van der Waals surface area contributed by atoms with E-state index in [9.17, 15) is 33.8 Å². The second-order valence-corrected chi connectivity index (χ2v) is 6.96. The molecule has 0 saturated heterocycles. The van der Waals surface area contributed by atoms with E-state index in [1.807, 2.05) is 0 Å². The molecule has 0 saturated carbocycles. The molecule has 2 aromatic carbocycles. The Kier molecular flexibility index (Phi) is 7.58. The van der Waals surface area contributed by atoms with Gasteiger partial charge in [-0.25, -0.2) is 8.78 Å². The third-order valence-corrected chi connectivity index (χ3v) is 4.41. The van der Waals surface area contributed by atoms with Gasteiger partial charge in [0.05, 0.1) is 26.6 Å². The van der Waals surface area contributed by atoms with Crippen molar-refractivity contribution in [2.75, 3.05) is 11.9 Å². The predicted octanol–water partition coefficient (Wildman–Crippen LogP) is 5.22. The molecule has 0 bridgehead atoms. The first-order valence-electron chi connectivity index (χ1n) is 9.29. The van der Waals surface area contributed by atoms with Crippen molar-refractivity contribution in [3.8, 4) is 11.5 Å². The van der Waals surface area contributed by atoms with E-state index in [4.69, 9.17) is 25.5 Å². The molecule has 1 aromatic heterocycles. The summed E-state index contributed by atoms with van der Waals surface area (Å²) >= 11 is 5.95. The highest BCUT2D eigenvalue weighted by Gasteiger charge is 2.17. The summed E-state index contributed by atoms with van der Waals surface area (Å²) in [5.41, 5.74) is -0.760. The molecule has 11 nitrogen and oxygen atoms in total. The molecule has 0 aliphatic rings. The minimum Gasteiger partial charge on any atom is -0.487 e. The number of anilines is 1. The van der Waals surface area contributed by atoms with Gasteiger partial charge in [0.1, 0.15) is 30.5 Å². The number of halogens is 3. The third-order valence-electron chi connectivity index (χ3n) is 4.12. The monoisotopic (exact) mass is 497 g/mol. The highest BCUT2D eigenvalue weighted by molar-refractivity contribution is 6.32. The van der Waals surface area contributed by atoms with Crippen molar-refractivity contribution in [2.45, 2.75) is 13.0 Å². The van der Waals surface area contributed by atoms with E-state index in [-0.39, 0.29) is 46.0 Å². The van der Waals surface area contributed by atoms with E-state index in [0.29, 0.717) is 0 Å². The van der Waals surface area contributed by atoms with Gasteiger partial charge in [0.2, 0.25) is 0 Å². The lowest BCUT2D eigenvalue weighted by atomic mass is 10.2. The van der Waals surface area contributed by atoms with Gasteiger partial charge < -0.3 is 19.2 Å². The number of nitro groups is 2. The Morgan fingerprint density at radius 1 is 1.03 bits per heavy atom. The minimum atomic E-state index is -2.79. The lowest BCUT2D eigenvalue weighted by Gasteiger charge is -2.09. The van der Waals surface area contributed by atoms with Crippen LogP contribution >= 0.6 is 11.6 Å². The van der Waals surface area contributed by atoms with Crippen LogP contribution in [-0.4, -0.2) is 28.8 Å². The van der Waals surface area contributed by atoms with Crippen LogP contribution in [0.3, 0.4) is 0 Å². The lowest BCUT2D eigenvalue weighted by molar-refractivity contribution is -0.385. The number of benzene rings is 2. The Labute approximate surface area is 194 Å². The van der Waals surface area contributed by atoms with Crippen LogP contribution in [0.5, 0.6) is 11.5 Å². The molecule has 0 radical (unpaired) electrons. The van der Waals surface area contributed by atoms with Gasteiger partial charge >= 0.3 is 0 Å². The zero-order valence-electron chi connectivity index (χ0n) is 16.9. The summed E-state index contributed by atoms with van der Waals surface area (Å²) < 4.78 is 40.4. The van der Waals surface area contributed by atoms with Crippen molar-refractivity contribution >= 4 is 34.6 Å². The number of furan rings is 1. The number of ether oxygens (including phenoxy) is 2. The largest absolute Gasteiger partial charge is 0.487 e. The number of rotatable bonds is 10. The van der Waals surface area contributed by atoms with E-state index >= 15 is 0 Å². The maximum Gasteiger partial charge on any atom is 0.291 e. The fourth-order valence-electron chi connectivity index (χ4n) is 2.64. The van der Waals surface area contributed by atoms with Gasteiger partial charge in [0, 0.05) is 24.3 Å². The molecule has 178 valence electrons. The smallest absolute Gasteiger partial charge is 0.291 e. The van der Waals surface area contributed by atoms with Crippen molar-refractivity contribution < 1.29 is 37.3 Å². The standard InChI is InChI=1S/C20H14ClF2N3O8/c21-16-8-12(25(28)29)1-3-17(16)33-9-14-2-4-18(34-14)20(27)24-11-5-13(26(30)31)7-15(6-11)32-10-19(22)23/h1-8,19H,9-10H2,(H,24,27). The lowest BCUT2D eigenvalue weighted by Crippen LogP contribution is -2.12. The van der Waals surface area contributed by atoms with Gasteiger partial charge in [-0.05, 0) is 18.2 Å². The van der Waals surface area contributed by atoms with Crippen LogP contribution in [0.25, 0.3) is 0 Å². The average molecular weight is 498 g/mol. The van der Waals surface area contributed by atoms with E-state index in [2.05, 4.69) is 5.32 Å². The van der Waals surface area contributed by atoms with Crippen molar-refractivity contribution in [1.82, 2.24) is 0 Å². The molecule has 14 heteroatoms. The number of nitro benzene ring substituents is 2. The summed E-state index contributed by atoms with van der Waals surface area (Å²) in [5.74, 6) is -0.810. The molecular formula is C20H14ClF2N3O8. The second kappa shape index (κ2) is 10.6. The Hall–Kier alpha value is -4.26. The molecule has 1 amide bonds. The molecule has 34 heavy (non-hydrogen) atoms. The number of non-ortho nitro benzene ring substituents is 2. The molecule has 3 aromatic rings.